The van der Waals surface area contributed by atoms with Crippen LogP contribution in [-0.4, -0.2) is 53.7 Å². The van der Waals surface area contributed by atoms with Gasteiger partial charge in [0.15, 0.2) is 0 Å². The van der Waals surface area contributed by atoms with Crippen LogP contribution in [0, 0.1) is 0 Å². The average Bonchev–Trinajstić information content (AvgIpc) is 3.68. The number of fused-ring (bicyclic) bond motifs is 1. The monoisotopic (exact) mass is 639 g/mol. The van der Waals surface area contributed by atoms with E-state index in [9.17, 15) is 9.59 Å². The molecule has 4 aromatic rings. The number of nitrogens with one attached hydrogen (secondary N) is 3. The van der Waals surface area contributed by atoms with Crippen molar-refractivity contribution in [1.29, 1.82) is 0 Å². The number of H-pyrrole nitrogens is 1. The Hall–Kier alpha value is -4.12. The maximum atomic E-state index is 13.4. The van der Waals surface area contributed by atoms with Crippen LogP contribution in [-0.2, 0) is 0 Å². The number of nitrogens with zero attached hydrogens (tertiary/aromatic N) is 3. The van der Waals surface area contributed by atoms with Crippen molar-refractivity contribution in [2.45, 2.75) is 31.7 Å². The molecule has 1 heterocycles. The third kappa shape index (κ3) is 7.27. The highest BCUT2D eigenvalue weighted by Gasteiger charge is 2.26. The number of rotatable bonds is 10. The molecule has 10 nitrogen and oxygen atoms in total. The Morgan fingerprint density at radius 3 is 2.53 bits per heavy atom. The Kier molecular flexibility index (Phi) is 9.19. The summed E-state index contributed by atoms with van der Waals surface area (Å²) in [7, 11) is 1.53. The van der Waals surface area contributed by atoms with Gasteiger partial charge in [0, 0.05) is 24.2 Å². The normalized spacial score (nSPS) is 14.2. The minimum Gasteiger partial charge on any atom is -0.495 e. The number of hydrogen-bond donors (Lipinski definition) is 4. The van der Waals surface area contributed by atoms with E-state index in [0.29, 0.717) is 44.7 Å². The maximum absolute atomic E-state index is 13.4. The summed E-state index contributed by atoms with van der Waals surface area (Å²) in [6.45, 7) is 1.73. The van der Waals surface area contributed by atoms with Crippen LogP contribution < -0.4 is 21.1 Å². The third-order valence-electron chi connectivity index (χ3n) is 6.76. The minimum absolute atomic E-state index is 0.0956. The molecular formula is C30H28Cl3N7O3. The predicted octanol–water partition coefficient (Wildman–Crippen LogP) is 6.02. The van der Waals surface area contributed by atoms with E-state index in [1.807, 2.05) is 6.07 Å². The molecule has 1 aliphatic carbocycles. The highest BCUT2D eigenvalue weighted by atomic mass is 35.5. The molecule has 0 aliphatic heterocycles. The van der Waals surface area contributed by atoms with Crippen LogP contribution in [0.2, 0.25) is 15.1 Å². The zero-order valence-electron chi connectivity index (χ0n) is 23.2. The maximum Gasteiger partial charge on any atom is 0.254 e. The Morgan fingerprint density at radius 1 is 1.12 bits per heavy atom. The van der Waals surface area contributed by atoms with Crippen molar-refractivity contribution in [2.75, 3.05) is 13.7 Å². The van der Waals surface area contributed by atoms with Crippen molar-refractivity contribution in [1.82, 2.24) is 20.6 Å². The van der Waals surface area contributed by atoms with Crippen molar-refractivity contribution >= 4 is 75.5 Å². The summed E-state index contributed by atoms with van der Waals surface area (Å²) in [6.07, 6.45) is 3.23. The number of aliphatic imine (C=N–C) groups is 2. The van der Waals surface area contributed by atoms with E-state index in [2.05, 4.69) is 25.6 Å². The number of amides is 2. The quantitative estimate of drug-likeness (QED) is 0.124. The molecule has 1 fully saturated rings. The number of carbonyl (C=O) groups is 2. The first-order chi connectivity index (χ1) is 20.6. The minimum atomic E-state index is -0.491. The van der Waals surface area contributed by atoms with Crippen LogP contribution in [0.1, 0.15) is 57.8 Å². The molecule has 3 aromatic carbocycles. The molecule has 5 N–H and O–H groups in total. The first-order valence-corrected chi connectivity index (χ1v) is 14.5. The molecular weight excluding hydrogens is 613 g/mol. The fraction of sp³-hybridized carbons (Fsp3) is 0.233. The summed E-state index contributed by atoms with van der Waals surface area (Å²) in [4.78, 5) is 42.3. The first kappa shape index (κ1) is 30.3. The van der Waals surface area contributed by atoms with Crippen molar-refractivity contribution in [3.8, 4) is 5.75 Å². The molecule has 1 aliphatic rings. The third-order valence-corrected chi connectivity index (χ3v) is 7.65. The van der Waals surface area contributed by atoms with E-state index in [1.165, 1.54) is 25.6 Å². The van der Waals surface area contributed by atoms with Crippen molar-refractivity contribution in [3.63, 3.8) is 0 Å². The number of nitrogens with two attached hydrogens (primary N) is 1. The molecule has 13 heteroatoms. The molecule has 5 rings (SSSR count). The van der Waals surface area contributed by atoms with Gasteiger partial charge in [0.1, 0.15) is 17.9 Å². The van der Waals surface area contributed by atoms with Gasteiger partial charge >= 0.3 is 0 Å². The Bertz CT molecular complexity index is 1740. The molecule has 1 aromatic heterocycles. The molecule has 1 saturated carbocycles. The Morgan fingerprint density at radius 2 is 1.86 bits per heavy atom. The van der Waals surface area contributed by atoms with Gasteiger partial charge in [-0.1, -0.05) is 46.9 Å². The number of hydrogen-bond acceptors (Lipinski definition) is 5. The van der Waals surface area contributed by atoms with Crippen molar-refractivity contribution in [2.24, 2.45) is 15.7 Å². The number of methoxy groups -OCH3 is 1. The topological polar surface area (TPSA) is 147 Å². The van der Waals surface area contributed by atoms with Crippen LogP contribution >= 0.6 is 34.8 Å². The first-order valence-electron chi connectivity index (χ1n) is 13.4. The summed E-state index contributed by atoms with van der Waals surface area (Å²) in [5, 5.41) is 6.60. The number of imidazole rings is 1. The van der Waals surface area contributed by atoms with Gasteiger partial charge in [0.25, 0.3) is 11.8 Å². The van der Waals surface area contributed by atoms with Crippen molar-refractivity contribution < 1.29 is 14.3 Å². The number of amidine groups is 1. The zero-order valence-corrected chi connectivity index (χ0v) is 25.5. The van der Waals surface area contributed by atoms with E-state index in [0.717, 1.165) is 18.4 Å². The summed E-state index contributed by atoms with van der Waals surface area (Å²) < 4.78 is 5.34. The van der Waals surface area contributed by atoms with Crippen LogP contribution in [0.3, 0.4) is 0 Å². The highest BCUT2D eigenvalue weighted by Crippen LogP contribution is 2.33. The lowest BCUT2D eigenvalue weighted by atomic mass is 9.96. The lowest BCUT2D eigenvalue weighted by Gasteiger charge is -2.18. The number of benzene rings is 3. The summed E-state index contributed by atoms with van der Waals surface area (Å²) in [5.41, 5.74) is 8.62. The van der Waals surface area contributed by atoms with Gasteiger partial charge in [-0.2, -0.15) is 0 Å². The van der Waals surface area contributed by atoms with Crippen LogP contribution in [0.4, 0.5) is 5.69 Å². The van der Waals surface area contributed by atoms with E-state index in [4.69, 9.17) is 50.3 Å². The van der Waals surface area contributed by atoms with Crippen molar-refractivity contribution in [3.05, 3.63) is 86.1 Å². The lowest BCUT2D eigenvalue weighted by molar-refractivity contribution is 0.0942. The van der Waals surface area contributed by atoms with Gasteiger partial charge in [-0.25, -0.2) is 15.0 Å². The Balaban J connectivity index is 1.45. The number of ether oxygens (including phenoxy) is 1. The van der Waals surface area contributed by atoms with Crippen LogP contribution in [0.15, 0.2) is 58.5 Å². The highest BCUT2D eigenvalue weighted by molar-refractivity contribution is 6.40. The van der Waals surface area contributed by atoms with Crippen LogP contribution in [0.25, 0.3) is 11.0 Å². The molecule has 0 spiro atoms. The Labute approximate surface area is 262 Å². The molecule has 1 atom stereocenters. The second-order valence-corrected chi connectivity index (χ2v) is 11.3. The number of aromatic nitrogens is 2. The molecule has 2 amide bonds. The van der Waals surface area contributed by atoms with Crippen LogP contribution in [0.5, 0.6) is 5.75 Å². The molecule has 222 valence electrons. The van der Waals surface area contributed by atoms with E-state index in [1.54, 1.807) is 37.3 Å². The number of aromatic amines is 1. The second kappa shape index (κ2) is 13.0. The molecule has 0 saturated heterocycles. The van der Waals surface area contributed by atoms with E-state index in [-0.39, 0.29) is 34.1 Å². The summed E-state index contributed by atoms with van der Waals surface area (Å²) in [5.74, 6) is 0.257. The predicted molar refractivity (Wildman–Crippen MR) is 171 cm³/mol. The van der Waals surface area contributed by atoms with Gasteiger partial charge in [-0.05, 0) is 55.7 Å². The molecule has 0 radical (unpaired) electrons. The average molecular weight is 641 g/mol. The molecule has 0 unspecified atom stereocenters. The van der Waals surface area contributed by atoms with E-state index >= 15 is 0 Å². The summed E-state index contributed by atoms with van der Waals surface area (Å²) in [6, 6.07) is 13.9. The number of halogens is 3. The largest absolute Gasteiger partial charge is 0.495 e. The van der Waals surface area contributed by atoms with Gasteiger partial charge < -0.3 is 26.1 Å². The second-order valence-electron chi connectivity index (χ2n) is 10.1. The summed E-state index contributed by atoms with van der Waals surface area (Å²) >= 11 is 19.2. The van der Waals surface area contributed by atoms with Gasteiger partial charge in [-0.3, -0.25) is 9.59 Å². The van der Waals surface area contributed by atoms with Gasteiger partial charge in [-0.15, -0.1) is 0 Å². The van der Waals surface area contributed by atoms with Gasteiger partial charge in [0.2, 0.25) is 0 Å². The number of carbonyl (C=O) groups excluding carboxylic acids is 2. The zero-order chi connectivity index (χ0) is 30.7. The van der Waals surface area contributed by atoms with E-state index < -0.39 is 11.8 Å². The lowest BCUT2D eigenvalue weighted by Crippen LogP contribution is -2.30. The smallest absolute Gasteiger partial charge is 0.254 e. The molecule has 0 bridgehead atoms. The standard InChI is InChI=1S/C30H28Cl3N7O3/c1-15(34)36-14-37-19-9-22(32)27(23(33)10-19)30(42)35-13-20(16-4-3-5-17(8-16)29(41)38-18-6-7-18)28-39-24-11-21(31)26(43-2)12-25(24)40-28/h3-5,8-12,14,18,20H,6-7,13H2,1-2H3,(H,35,42)(H,38,41)(H,39,40)(H2,34,36,37)/t20-/m0/s1. The SMILES string of the molecule is COc1cc2nc([C@@H](CNC(=O)c3c(Cl)cc(N=CN=C(C)N)cc3Cl)c3cccc(C(=O)NC4CC4)c3)[nH]c2cc1Cl. The fourth-order valence-electron chi connectivity index (χ4n) is 4.44. The molecule has 43 heavy (non-hydrogen) atoms. The fourth-order valence-corrected chi connectivity index (χ4v) is 5.33. The van der Waals surface area contributed by atoms with Gasteiger partial charge in [0.05, 0.1) is 56.2 Å².